The first-order chi connectivity index (χ1) is 12.3. The highest BCUT2D eigenvalue weighted by Gasteiger charge is 2.17. The summed E-state index contributed by atoms with van der Waals surface area (Å²) >= 11 is 0. The molecule has 0 bridgehead atoms. The van der Waals surface area contributed by atoms with Crippen molar-refractivity contribution in [2.45, 2.75) is 19.8 Å². The van der Waals surface area contributed by atoms with Crippen LogP contribution < -0.4 is 10.6 Å². The first-order valence-electron chi connectivity index (χ1n) is 7.77. The third-order valence-electron chi connectivity index (χ3n) is 3.27. The van der Waals surface area contributed by atoms with Crippen molar-refractivity contribution in [1.82, 2.24) is 15.6 Å². The van der Waals surface area contributed by atoms with Gasteiger partial charge in [0.1, 0.15) is 11.4 Å². The van der Waals surface area contributed by atoms with Gasteiger partial charge in [0, 0.05) is 13.1 Å². The van der Waals surface area contributed by atoms with Crippen molar-refractivity contribution in [1.29, 1.82) is 0 Å². The lowest BCUT2D eigenvalue weighted by molar-refractivity contribution is 0.0947. The Kier molecular flexibility index (Phi) is 7.83. The molecule has 0 aromatic carbocycles. The minimum Gasteiger partial charge on any atom is -0.350 e. The van der Waals surface area contributed by atoms with Crippen LogP contribution in [-0.2, 0) is 20.2 Å². The number of hydrogen-bond acceptors (Lipinski definition) is 7. The number of rotatable bonds is 9. The molecule has 0 radical (unpaired) electrons. The molecular formula is C14H21N3O8S2. The summed E-state index contributed by atoms with van der Waals surface area (Å²) in [5.41, 5.74) is 0.317. The second-order valence-electron chi connectivity index (χ2n) is 5.91. The maximum Gasteiger partial charge on any atom is 0.269 e. The topological polar surface area (TPSA) is 180 Å². The zero-order chi connectivity index (χ0) is 20.8. The molecule has 0 unspecified atom stereocenters. The van der Waals surface area contributed by atoms with Gasteiger partial charge >= 0.3 is 0 Å². The fraction of sp³-hybridized carbons (Fsp3) is 0.500. The van der Waals surface area contributed by atoms with E-state index >= 15 is 0 Å². The van der Waals surface area contributed by atoms with Gasteiger partial charge in [-0.15, -0.1) is 0 Å². The van der Waals surface area contributed by atoms with E-state index in [4.69, 9.17) is 9.11 Å². The lowest BCUT2D eigenvalue weighted by atomic mass is 10.0. The molecule has 2 amide bonds. The molecule has 0 aliphatic heterocycles. The Morgan fingerprint density at radius 1 is 0.926 bits per heavy atom. The van der Waals surface area contributed by atoms with Crippen molar-refractivity contribution in [2.75, 3.05) is 24.6 Å². The van der Waals surface area contributed by atoms with E-state index < -0.39 is 43.6 Å². The van der Waals surface area contributed by atoms with Crippen LogP contribution in [0.2, 0.25) is 0 Å². The fourth-order valence-corrected chi connectivity index (χ4v) is 2.61. The third kappa shape index (κ3) is 8.90. The number of hydrogen-bond donors (Lipinski definition) is 4. The largest absolute Gasteiger partial charge is 0.350 e. The van der Waals surface area contributed by atoms with Crippen LogP contribution in [0.4, 0.5) is 0 Å². The second kappa shape index (κ2) is 9.21. The predicted molar refractivity (Wildman–Crippen MR) is 95.8 cm³/mol. The molecule has 0 fully saturated rings. The summed E-state index contributed by atoms with van der Waals surface area (Å²) in [6.07, 6.45) is 0. The first kappa shape index (κ1) is 23.0. The highest BCUT2D eigenvalue weighted by molar-refractivity contribution is 7.86. The Bertz CT molecular complexity index is 842. The molecule has 4 N–H and O–H groups in total. The van der Waals surface area contributed by atoms with Crippen molar-refractivity contribution in [3.05, 3.63) is 29.1 Å². The number of nitrogens with one attached hydrogen (secondary N) is 2. The first-order valence-corrected chi connectivity index (χ1v) is 11.0. The summed E-state index contributed by atoms with van der Waals surface area (Å²) < 4.78 is 60.1. The normalized spacial score (nSPS) is 12.0. The third-order valence-corrected chi connectivity index (χ3v) is 4.71. The molecular weight excluding hydrogens is 402 g/mol. The van der Waals surface area contributed by atoms with E-state index in [2.05, 4.69) is 15.6 Å². The van der Waals surface area contributed by atoms with Crippen molar-refractivity contribution in [3.63, 3.8) is 0 Å². The summed E-state index contributed by atoms with van der Waals surface area (Å²) in [4.78, 5) is 28.2. The second-order valence-corrected chi connectivity index (χ2v) is 9.05. The molecule has 0 saturated heterocycles. The molecule has 1 heterocycles. The van der Waals surface area contributed by atoms with Crippen LogP contribution in [0.3, 0.4) is 0 Å². The highest BCUT2D eigenvalue weighted by Crippen LogP contribution is 2.16. The van der Waals surface area contributed by atoms with Crippen molar-refractivity contribution < 1.29 is 35.5 Å². The number of pyridine rings is 1. The van der Waals surface area contributed by atoms with Crippen LogP contribution in [0, 0.1) is 0 Å². The van der Waals surface area contributed by atoms with Gasteiger partial charge in [-0.05, 0) is 23.6 Å². The maximum absolute atomic E-state index is 12.1. The molecule has 11 nitrogen and oxygen atoms in total. The predicted octanol–water partition coefficient (Wildman–Crippen LogP) is -0.560. The lowest BCUT2D eigenvalue weighted by Crippen LogP contribution is -2.32. The molecule has 1 aromatic rings. The quantitative estimate of drug-likeness (QED) is 0.379. The Morgan fingerprint density at radius 2 is 1.30 bits per heavy atom. The minimum atomic E-state index is -4.24. The number of amides is 2. The fourth-order valence-electron chi connectivity index (χ4n) is 1.89. The number of carbonyl (C=O) groups excluding carboxylic acids is 2. The highest BCUT2D eigenvalue weighted by atomic mass is 32.2. The molecule has 1 aromatic heterocycles. The van der Waals surface area contributed by atoms with Gasteiger partial charge in [0.2, 0.25) is 0 Å². The Labute approximate surface area is 157 Å². The van der Waals surface area contributed by atoms with Crippen molar-refractivity contribution in [2.24, 2.45) is 0 Å². The number of carbonyl (C=O) groups is 2. The van der Waals surface area contributed by atoms with Gasteiger partial charge in [-0.1, -0.05) is 13.8 Å². The standard InChI is InChI=1S/C14H21N3O8S2/c1-9(2)10-7-11(13(18)15-3-5-26(20,21)22)17-12(8-10)14(19)16-4-6-27(23,24)25/h7-9H,3-6H2,1-2H3,(H,15,18)(H,16,19)(H,20,21,22)(H,23,24,25). The van der Waals surface area contributed by atoms with Crippen molar-refractivity contribution in [3.8, 4) is 0 Å². The lowest BCUT2D eigenvalue weighted by Gasteiger charge is -2.11. The smallest absolute Gasteiger partial charge is 0.269 e. The SMILES string of the molecule is CC(C)c1cc(C(=O)NCCS(=O)(=O)O)nc(C(=O)NCCS(=O)(=O)O)c1. The van der Waals surface area contributed by atoms with Crippen LogP contribution in [0.1, 0.15) is 46.3 Å². The molecule has 152 valence electrons. The maximum atomic E-state index is 12.1. The van der Waals surface area contributed by atoms with E-state index in [1.165, 1.54) is 12.1 Å². The number of aromatic nitrogens is 1. The number of nitrogens with zero attached hydrogens (tertiary/aromatic N) is 1. The Hall–Kier alpha value is -2.09. The van der Waals surface area contributed by atoms with Gasteiger partial charge in [0.25, 0.3) is 32.1 Å². The molecule has 0 aliphatic carbocycles. The van der Waals surface area contributed by atoms with E-state index in [9.17, 15) is 26.4 Å². The summed E-state index contributed by atoms with van der Waals surface area (Å²) in [7, 11) is -8.47. The minimum absolute atomic E-state index is 0.0678. The molecule has 13 heteroatoms. The molecule has 27 heavy (non-hydrogen) atoms. The van der Waals surface area contributed by atoms with Gasteiger partial charge < -0.3 is 10.6 Å². The van der Waals surface area contributed by atoms with Gasteiger partial charge in [-0.3, -0.25) is 18.7 Å². The molecule has 0 aliphatic rings. The van der Waals surface area contributed by atoms with Crippen LogP contribution in [0.15, 0.2) is 12.1 Å². The summed E-state index contributed by atoms with van der Waals surface area (Å²) in [5.74, 6) is -2.90. The molecule has 0 saturated carbocycles. The zero-order valence-corrected chi connectivity index (χ0v) is 16.3. The summed E-state index contributed by atoms with van der Waals surface area (Å²) in [5, 5.41) is 4.53. The van der Waals surface area contributed by atoms with E-state index in [1.54, 1.807) is 0 Å². The molecule has 0 spiro atoms. The van der Waals surface area contributed by atoms with Crippen LogP contribution in [0.5, 0.6) is 0 Å². The van der Waals surface area contributed by atoms with Crippen LogP contribution in [0.25, 0.3) is 0 Å². The van der Waals surface area contributed by atoms with E-state index in [-0.39, 0.29) is 30.4 Å². The van der Waals surface area contributed by atoms with Crippen LogP contribution >= 0.6 is 0 Å². The van der Waals surface area contributed by atoms with Gasteiger partial charge in [-0.2, -0.15) is 16.8 Å². The van der Waals surface area contributed by atoms with Crippen LogP contribution in [-0.4, -0.2) is 67.3 Å². The van der Waals surface area contributed by atoms with Gasteiger partial charge in [0.05, 0.1) is 11.5 Å². The van der Waals surface area contributed by atoms with E-state index in [0.717, 1.165) is 0 Å². The molecule has 1 rings (SSSR count). The monoisotopic (exact) mass is 423 g/mol. The van der Waals surface area contributed by atoms with Gasteiger partial charge in [0.15, 0.2) is 0 Å². The van der Waals surface area contributed by atoms with E-state index in [0.29, 0.717) is 5.56 Å². The van der Waals surface area contributed by atoms with Gasteiger partial charge in [-0.25, -0.2) is 4.98 Å². The average Bonchev–Trinajstić information content (AvgIpc) is 2.51. The van der Waals surface area contributed by atoms with Crippen molar-refractivity contribution >= 4 is 32.1 Å². The summed E-state index contributed by atoms with van der Waals surface area (Å²) in [6, 6.07) is 2.87. The molecule has 0 atom stereocenters. The average molecular weight is 423 g/mol. The van der Waals surface area contributed by atoms with E-state index in [1.807, 2.05) is 13.8 Å². The summed E-state index contributed by atoms with van der Waals surface area (Å²) in [6.45, 7) is 2.94. The zero-order valence-electron chi connectivity index (χ0n) is 14.7. The Morgan fingerprint density at radius 3 is 1.59 bits per heavy atom. The Balaban J connectivity index is 2.96.